The molecule has 0 saturated carbocycles. The molecule has 0 spiro atoms. The molecule has 6 heteroatoms. The molecular formula is C17H24N4OS. The molecule has 1 atom stereocenters. The minimum Gasteiger partial charge on any atom is -0.353 e. The van der Waals surface area contributed by atoms with Crippen LogP contribution >= 0.6 is 11.8 Å². The molecule has 0 bridgehead atoms. The fourth-order valence-electron chi connectivity index (χ4n) is 1.93. The first-order valence-corrected chi connectivity index (χ1v) is 8.92. The van der Waals surface area contributed by atoms with Gasteiger partial charge in [-0.15, -0.1) is 5.10 Å². The predicted octanol–water partition coefficient (Wildman–Crippen LogP) is 3.29. The van der Waals surface area contributed by atoms with Crippen LogP contribution in [-0.4, -0.2) is 32.9 Å². The molecule has 2 N–H and O–H groups in total. The summed E-state index contributed by atoms with van der Waals surface area (Å²) in [7, 11) is 0. The quantitative estimate of drug-likeness (QED) is 0.763. The van der Waals surface area contributed by atoms with E-state index in [1.807, 2.05) is 19.1 Å². The van der Waals surface area contributed by atoms with E-state index in [0.717, 1.165) is 17.8 Å². The first-order chi connectivity index (χ1) is 11.0. The molecule has 0 aliphatic heterocycles. The number of nitrogens with zero attached hydrogens (tertiary/aromatic N) is 2. The molecule has 2 rings (SSSR count). The van der Waals surface area contributed by atoms with Crippen LogP contribution in [-0.2, 0) is 11.2 Å². The molecule has 5 nitrogen and oxygen atoms in total. The summed E-state index contributed by atoms with van der Waals surface area (Å²) in [6, 6.07) is 8.41. The van der Waals surface area contributed by atoms with Crippen molar-refractivity contribution < 1.29 is 4.79 Å². The summed E-state index contributed by atoms with van der Waals surface area (Å²) in [5.74, 6) is 1.48. The average molecular weight is 332 g/mol. The zero-order chi connectivity index (χ0) is 16.8. The number of hydrogen-bond acceptors (Lipinski definition) is 4. The molecule has 0 aliphatic rings. The largest absolute Gasteiger partial charge is 0.353 e. The van der Waals surface area contributed by atoms with Crippen molar-refractivity contribution in [3.63, 3.8) is 0 Å². The molecule has 1 heterocycles. The zero-order valence-electron chi connectivity index (χ0n) is 14.1. The van der Waals surface area contributed by atoms with Crippen LogP contribution in [0.3, 0.4) is 0 Å². The van der Waals surface area contributed by atoms with Crippen LogP contribution in [0.1, 0.15) is 33.3 Å². The molecule has 1 amide bonds. The van der Waals surface area contributed by atoms with E-state index in [1.165, 1.54) is 17.3 Å². The smallest absolute Gasteiger partial charge is 0.230 e. The van der Waals surface area contributed by atoms with Crippen LogP contribution in [0.4, 0.5) is 0 Å². The van der Waals surface area contributed by atoms with Gasteiger partial charge in [0.2, 0.25) is 11.1 Å². The van der Waals surface area contributed by atoms with Crippen LogP contribution in [0.15, 0.2) is 29.4 Å². The number of rotatable bonds is 7. The van der Waals surface area contributed by atoms with Crippen molar-refractivity contribution in [2.75, 3.05) is 5.75 Å². The number of aromatic nitrogens is 3. The summed E-state index contributed by atoms with van der Waals surface area (Å²) in [6.45, 7) is 8.31. The van der Waals surface area contributed by atoms with E-state index in [2.05, 4.69) is 53.4 Å². The van der Waals surface area contributed by atoms with E-state index in [9.17, 15) is 4.79 Å². The number of hydrogen-bond donors (Lipinski definition) is 2. The Morgan fingerprint density at radius 3 is 2.57 bits per heavy atom. The molecule has 1 aromatic carbocycles. The molecule has 2 aromatic rings. The Hall–Kier alpha value is -1.82. The van der Waals surface area contributed by atoms with Crippen LogP contribution < -0.4 is 5.32 Å². The van der Waals surface area contributed by atoms with Gasteiger partial charge in [0.25, 0.3) is 0 Å². The molecular weight excluding hydrogens is 308 g/mol. The number of nitrogens with one attached hydrogen (secondary N) is 2. The Bertz CT molecular complexity index is 636. The SMILES string of the molecule is CCc1ccc(-c2nc(SCC(=O)N[C@@H](C)C(C)C)n[nH]2)cc1. The predicted molar refractivity (Wildman–Crippen MR) is 94.4 cm³/mol. The second kappa shape index (κ2) is 8.15. The Morgan fingerprint density at radius 2 is 1.96 bits per heavy atom. The second-order valence-electron chi connectivity index (χ2n) is 5.91. The van der Waals surface area contributed by atoms with Crippen LogP contribution in [0.5, 0.6) is 0 Å². The number of carbonyl (C=O) groups excluding carboxylic acids is 1. The van der Waals surface area contributed by atoms with Gasteiger partial charge < -0.3 is 5.32 Å². The topological polar surface area (TPSA) is 70.7 Å². The van der Waals surface area contributed by atoms with E-state index in [-0.39, 0.29) is 11.9 Å². The molecule has 0 radical (unpaired) electrons. The van der Waals surface area contributed by atoms with Crippen molar-refractivity contribution in [1.82, 2.24) is 20.5 Å². The van der Waals surface area contributed by atoms with Crippen molar-refractivity contribution in [1.29, 1.82) is 0 Å². The molecule has 1 aromatic heterocycles. The molecule has 0 fully saturated rings. The van der Waals surface area contributed by atoms with Gasteiger partial charge in [-0.1, -0.05) is 56.8 Å². The summed E-state index contributed by atoms with van der Waals surface area (Å²) in [5.41, 5.74) is 2.29. The second-order valence-corrected chi connectivity index (χ2v) is 6.85. The van der Waals surface area contributed by atoms with Gasteiger partial charge in [-0.25, -0.2) is 4.98 Å². The molecule has 0 saturated heterocycles. The van der Waals surface area contributed by atoms with Gasteiger partial charge >= 0.3 is 0 Å². The summed E-state index contributed by atoms with van der Waals surface area (Å²) in [6.07, 6.45) is 1.02. The van der Waals surface area contributed by atoms with Crippen LogP contribution in [0, 0.1) is 5.92 Å². The van der Waals surface area contributed by atoms with Crippen molar-refractivity contribution in [3.8, 4) is 11.4 Å². The first-order valence-electron chi connectivity index (χ1n) is 7.93. The van der Waals surface area contributed by atoms with Gasteiger partial charge in [-0.3, -0.25) is 9.89 Å². The number of amides is 1. The maximum Gasteiger partial charge on any atom is 0.230 e. The molecule has 0 aliphatic carbocycles. The monoisotopic (exact) mass is 332 g/mol. The van der Waals surface area contributed by atoms with Crippen molar-refractivity contribution in [2.45, 2.75) is 45.3 Å². The highest BCUT2D eigenvalue weighted by atomic mass is 32.2. The Labute approximate surface area is 141 Å². The molecule has 124 valence electrons. The normalized spacial score (nSPS) is 12.4. The number of carbonyl (C=O) groups is 1. The lowest BCUT2D eigenvalue weighted by Gasteiger charge is -2.16. The minimum absolute atomic E-state index is 0.00912. The number of benzene rings is 1. The fourth-order valence-corrected chi connectivity index (χ4v) is 2.54. The van der Waals surface area contributed by atoms with Gasteiger partial charge in [0.15, 0.2) is 5.82 Å². The van der Waals surface area contributed by atoms with Gasteiger partial charge in [0.05, 0.1) is 5.75 Å². The van der Waals surface area contributed by atoms with E-state index in [0.29, 0.717) is 16.8 Å². The van der Waals surface area contributed by atoms with Gasteiger partial charge in [0.1, 0.15) is 0 Å². The van der Waals surface area contributed by atoms with E-state index < -0.39 is 0 Å². The summed E-state index contributed by atoms with van der Waals surface area (Å²) in [5, 5.41) is 10.7. The standard InChI is InChI=1S/C17H24N4OS/c1-5-13-6-8-14(9-7-13)16-19-17(21-20-16)23-10-15(22)18-12(4)11(2)3/h6-9,11-12H,5,10H2,1-4H3,(H,18,22)(H,19,20,21)/t12-/m0/s1. The third-order valence-corrected chi connectivity index (χ3v) is 4.67. The lowest BCUT2D eigenvalue weighted by atomic mass is 10.1. The van der Waals surface area contributed by atoms with Crippen molar-refractivity contribution in [2.24, 2.45) is 5.92 Å². The summed E-state index contributed by atoms with van der Waals surface area (Å²) in [4.78, 5) is 16.3. The van der Waals surface area contributed by atoms with E-state index in [1.54, 1.807) is 0 Å². The van der Waals surface area contributed by atoms with Gasteiger partial charge in [-0.05, 0) is 24.8 Å². The highest BCUT2D eigenvalue weighted by Crippen LogP contribution is 2.19. The molecule has 23 heavy (non-hydrogen) atoms. The highest BCUT2D eigenvalue weighted by molar-refractivity contribution is 7.99. The highest BCUT2D eigenvalue weighted by Gasteiger charge is 2.12. The van der Waals surface area contributed by atoms with Gasteiger partial charge in [0, 0.05) is 11.6 Å². The molecule has 0 unspecified atom stereocenters. The average Bonchev–Trinajstić information content (AvgIpc) is 3.02. The summed E-state index contributed by atoms with van der Waals surface area (Å²) >= 11 is 1.34. The van der Waals surface area contributed by atoms with Crippen molar-refractivity contribution >= 4 is 17.7 Å². The number of H-pyrrole nitrogens is 1. The summed E-state index contributed by atoms with van der Waals surface area (Å²) < 4.78 is 0. The zero-order valence-corrected chi connectivity index (χ0v) is 14.9. The minimum atomic E-state index is 0.00912. The number of aromatic amines is 1. The van der Waals surface area contributed by atoms with Gasteiger partial charge in [-0.2, -0.15) is 0 Å². The Balaban J connectivity index is 1.90. The Morgan fingerprint density at radius 1 is 1.26 bits per heavy atom. The maximum atomic E-state index is 11.9. The van der Waals surface area contributed by atoms with Crippen LogP contribution in [0.25, 0.3) is 11.4 Å². The third kappa shape index (κ3) is 5.10. The van der Waals surface area contributed by atoms with Crippen molar-refractivity contribution in [3.05, 3.63) is 29.8 Å². The lowest BCUT2D eigenvalue weighted by Crippen LogP contribution is -2.37. The fraction of sp³-hybridized carbons (Fsp3) is 0.471. The number of thioether (sulfide) groups is 1. The third-order valence-electron chi connectivity index (χ3n) is 3.82. The van der Waals surface area contributed by atoms with E-state index >= 15 is 0 Å². The maximum absolute atomic E-state index is 11.9. The first kappa shape index (κ1) is 17.5. The number of aryl methyl sites for hydroxylation is 1. The lowest BCUT2D eigenvalue weighted by molar-refractivity contribution is -0.119. The van der Waals surface area contributed by atoms with Crippen LogP contribution in [0.2, 0.25) is 0 Å². The Kier molecular flexibility index (Phi) is 6.21. The van der Waals surface area contributed by atoms with E-state index in [4.69, 9.17) is 0 Å².